The second kappa shape index (κ2) is 7.68. The van der Waals surface area contributed by atoms with Gasteiger partial charge in [-0.25, -0.2) is 4.68 Å². The highest BCUT2D eigenvalue weighted by Gasteiger charge is 2.23. The van der Waals surface area contributed by atoms with E-state index in [4.69, 9.17) is 4.74 Å². The number of fused-ring (bicyclic) bond motifs is 1. The molecule has 0 saturated carbocycles. The van der Waals surface area contributed by atoms with Crippen molar-refractivity contribution in [3.63, 3.8) is 0 Å². The van der Waals surface area contributed by atoms with Crippen LogP contribution in [0.4, 0.5) is 0 Å². The average molecular weight is 375 g/mol. The average Bonchev–Trinajstić information content (AvgIpc) is 3.12. The van der Waals surface area contributed by atoms with E-state index in [9.17, 15) is 9.59 Å². The zero-order valence-electron chi connectivity index (χ0n) is 15.6. The molecule has 1 aromatic heterocycles. The first kappa shape index (κ1) is 18.0. The van der Waals surface area contributed by atoms with Crippen molar-refractivity contribution in [3.05, 3.63) is 82.1 Å². The number of amides is 1. The van der Waals surface area contributed by atoms with Crippen molar-refractivity contribution < 1.29 is 9.53 Å². The van der Waals surface area contributed by atoms with Crippen LogP contribution in [0.1, 0.15) is 23.6 Å². The van der Waals surface area contributed by atoms with E-state index in [1.54, 1.807) is 13.2 Å². The quantitative estimate of drug-likeness (QED) is 0.744. The minimum atomic E-state index is -0.319. The van der Waals surface area contributed by atoms with Crippen LogP contribution in [0.2, 0.25) is 0 Å². The highest BCUT2D eigenvalue weighted by molar-refractivity contribution is 5.76. The minimum absolute atomic E-state index is 0.0168. The lowest BCUT2D eigenvalue weighted by atomic mass is 10.1. The molecule has 6 heteroatoms. The summed E-state index contributed by atoms with van der Waals surface area (Å²) in [5.74, 6) is 0.431. The molecule has 1 atom stereocenters. The number of benzene rings is 2. The largest absolute Gasteiger partial charge is 0.496 e. The van der Waals surface area contributed by atoms with Crippen LogP contribution in [0.25, 0.3) is 11.3 Å². The molecule has 3 aromatic rings. The number of carbonyl (C=O) groups excluding carboxylic acids is 1. The number of rotatable bonds is 5. The summed E-state index contributed by atoms with van der Waals surface area (Å²) >= 11 is 0. The van der Waals surface area contributed by atoms with Crippen molar-refractivity contribution in [3.8, 4) is 17.0 Å². The van der Waals surface area contributed by atoms with E-state index in [1.807, 2.05) is 42.5 Å². The van der Waals surface area contributed by atoms with Gasteiger partial charge in [-0.1, -0.05) is 36.4 Å². The number of nitrogens with zero attached hydrogens (tertiary/aromatic N) is 2. The normalized spacial score (nSPS) is 15.1. The smallest absolute Gasteiger partial charge is 0.267 e. The Balaban J connectivity index is 1.54. The number of hydrogen-bond donors (Lipinski definition) is 1. The Morgan fingerprint density at radius 2 is 1.93 bits per heavy atom. The van der Waals surface area contributed by atoms with E-state index in [-0.39, 0.29) is 24.1 Å². The Morgan fingerprint density at radius 1 is 1.14 bits per heavy atom. The first-order valence-electron chi connectivity index (χ1n) is 9.24. The second-order valence-corrected chi connectivity index (χ2v) is 6.77. The van der Waals surface area contributed by atoms with Crippen molar-refractivity contribution in [1.82, 2.24) is 15.1 Å². The van der Waals surface area contributed by atoms with Crippen molar-refractivity contribution in [2.75, 3.05) is 7.11 Å². The van der Waals surface area contributed by atoms with Gasteiger partial charge in [0, 0.05) is 11.6 Å². The number of para-hydroxylation sites is 1. The summed E-state index contributed by atoms with van der Waals surface area (Å²) in [5.41, 5.74) is 3.45. The predicted octanol–water partition coefficient (Wildman–Crippen LogP) is 2.72. The zero-order valence-corrected chi connectivity index (χ0v) is 15.6. The van der Waals surface area contributed by atoms with Crippen LogP contribution in [-0.4, -0.2) is 22.8 Å². The molecule has 0 saturated heterocycles. The maximum Gasteiger partial charge on any atom is 0.267 e. The van der Waals surface area contributed by atoms with Crippen molar-refractivity contribution in [2.45, 2.75) is 25.4 Å². The van der Waals surface area contributed by atoms with Crippen molar-refractivity contribution >= 4 is 5.91 Å². The highest BCUT2D eigenvalue weighted by Crippen LogP contribution is 2.30. The number of aryl methyl sites for hydroxylation is 1. The molecule has 142 valence electrons. The molecule has 0 fully saturated rings. The molecule has 28 heavy (non-hydrogen) atoms. The molecule has 0 bridgehead atoms. The van der Waals surface area contributed by atoms with Gasteiger partial charge in [0.15, 0.2) is 0 Å². The number of hydrogen-bond acceptors (Lipinski definition) is 4. The number of aromatic nitrogens is 2. The van der Waals surface area contributed by atoms with E-state index in [2.05, 4.69) is 16.5 Å². The Bertz CT molecular complexity index is 1070. The Morgan fingerprint density at radius 3 is 2.79 bits per heavy atom. The van der Waals surface area contributed by atoms with Crippen LogP contribution in [0.15, 0.2) is 65.5 Å². The maximum absolute atomic E-state index is 12.6. The van der Waals surface area contributed by atoms with Crippen molar-refractivity contribution in [1.29, 1.82) is 0 Å². The van der Waals surface area contributed by atoms with Gasteiger partial charge < -0.3 is 10.1 Å². The molecule has 1 amide bonds. The summed E-state index contributed by atoms with van der Waals surface area (Å²) in [6.07, 6.45) is 1.82. The molecule has 1 aliphatic rings. The first-order valence-corrected chi connectivity index (χ1v) is 9.24. The molecule has 4 rings (SSSR count). The molecule has 0 spiro atoms. The third kappa shape index (κ3) is 3.53. The summed E-state index contributed by atoms with van der Waals surface area (Å²) in [5, 5.41) is 7.40. The van der Waals surface area contributed by atoms with E-state index >= 15 is 0 Å². The van der Waals surface area contributed by atoms with E-state index in [0.717, 1.165) is 24.0 Å². The van der Waals surface area contributed by atoms with Crippen LogP contribution in [0, 0.1) is 0 Å². The summed E-state index contributed by atoms with van der Waals surface area (Å²) in [7, 11) is 1.59. The number of methoxy groups -OCH3 is 1. The fourth-order valence-corrected chi connectivity index (χ4v) is 3.65. The second-order valence-electron chi connectivity index (χ2n) is 6.77. The van der Waals surface area contributed by atoms with Gasteiger partial charge in [-0.3, -0.25) is 9.59 Å². The van der Waals surface area contributed by atoms with Gasteiger partial charge in [-0.15, -0.1) is 0 Å². The third-order valence-electron chi connectivity index (χ3n) is 5.01. The topological polar surface area (TPSA) is 73.2 Å². The van der Waals surface area contributed by atoms with Crippen LogP contribution in [-0.2, 0) is 17.8 Å². The summed E-state index contributed by atoms with van der Waals surface area (Å²) in [6.45, 7) is -0.125. The summed E-state index contributed by atoms with van der Waals surface area (Å²) < 4.78 is 6.56. The zero-order chi connectivity index (χ0) is 19.5. The predicted molar refractivity (Wildman–Crippen MR) is 106 cm³/mol. The SMILES string of the molecule is COc1ccccc1-c1ccc(=O)n(CC(=O)N[C@H]2CCc3ccccc32)n1. The van der Waals surface area contributed by atoms with Gasteiger partial charge in [-0.05, 0) is 42.2 Å². The molecule has 2 aromatic carbocycles. The third-order valence-corrected chi connectivity index (χ3v) is 5.01. The van der Waals surface area contributed by atoms with Gasteiger partial charge in [-0.2, -0.15) is 5.10 Å². The van der Waals surface area contributed by atoms with E-state index < -0.39 is 0 Å². The van der Waals surface area contributed by atoms with Gasteiger partial charge >= 0.3 is 0 Å². The lowest BCUT2D eigenvalue weighted by Gasteiger charge is -2.15. The molecule has 0 radical (unpaired) electrons. The van der Waals surface area contributed by atoms with Gasteiger partial charge in [0.05, 0.1) is 18.8 Å². The Kier molecular flexibility index (Phi) is 4.93. The maximum atomic E-state index is 12.6. The number of nitrogens with one attached hydrogen (secondary N) is 1. The molecular weight excluding hydrogens is 354 g/mol. The number of ether oxygens (including phenoxy) is 1. The minimum Gasteiger partial charge on any atom is -0.496 e. The molecule has 1 aliphatic carbocycles. The lowest BCUT2D eigenvalue weighted by Crippen LogP contribution is -2.35. The van der Waals surface area contributed by atoms with Gasteiger partial charge in [0.2, 0.25) is 5.91 Å². The summed E-state index contributed by atoms with van der Waals surface area (Å²) in [4.78, 5) is 24.8. The molecular formula is C22H21N3O3. The van der Waals surface area contributed by atoms with Crippen LogP contribution in [0.5, 0.6) is 5.75 Å². The Labute approximate surface area is 162 Å². The van der Waals surface area contributed by atoms with E-state index in [0.29, 0.717) is 11.4 Å². The fourth-order valence-electron chi connectivity index (χ4n) is 3.65. The van der Waals surface area contributed by atoms with Crippen LogP contribution >= 0.6 is 0 Å². The van der Waals surface area contributed by atoms with E-state index in [1.165, 1.54) is 16.3 Å². The molecule has 0 aliphatic heterocycles. The molecule has 6 nitrogen and oxygen atoms in total. The molecule has 1 heterocycles. The van der Waals surface area contributed by atoms with Gasteiger partial charge in [0.25, 0.3) is 5.56 Å². The van der Waals surface area contributed by atoms with Crippen LogP contribution in [0.3, 0.4) is 0 Å². The fraction of sp³-hybridized carbons (Fsp3) is 0.227. The first-order chi connectivity index (χ1) is 13.7. The molecule has 1 N–H and O–H groups in total. The standard InChI is InChI=1S/C22H21N3O3/c1-28-20-9-5-4-8-17(20)19-12-13-22(27)25(24-19)14-21(26)23-18-11-10-15-6-2-3-7-16(15)18/h2-9,12-13,18H,10-11,14H2,1H3,(H,23,26)/t18-/m0/s1. The Hall–Kier alpha value is -3.41. The monoisotopic (exact) mass is 375 g/mol. The molecule has 0 unspecified atom stereocenters. The lowest BCUT2D eigenvalue weighted by molar-refractivity contribution is -0.122. The highest BCUT2D eigenvalue weighted by atomic mass is 16.5. The van der Waals surface area contributed by atoms with Gasteiger partial charge in [0.1, 0.15) is 12.3 Å². The van der Waals surface area contributed by atoms with Crippen molar-refractivity contribution in [2.24, 2.45) is 0 Å². The van der Waals surface area contributed by atoms with Crippen LogP contribution < -0.4 is 15.6 Å². The summed E-state index contributed by atoms with van der Waals surface area (Å²) in [6, 6.07) is 18.6. The number of carbonyl (C=O) groups is 1.